The highest BCUT2D eigenvalue weighted by molar-refractivity contribution is 7.98. The lowest BCUT2D eigenvalue weighted by molar-refractivity contribution is 0.769. The maximum Gasteiger partial charge on any atom is 0.166 e. The van der Waals surface area contributed by atoms with Crippen LogP contribution in [0, 0.1) is 13.8 Å². The van der Waals surface area contributed by atoms with Crippen LogP contribution in [0.5, 0.6) is 0 Å². The molecule has 0 aliphatic rings. The number of aryl methyl sites for hydroxylation is 2. The van der Waals surface area contributed by atoms with Crippen molar-refractivity contribution in [2.75, 3.05) is 0 Å². The van der Waals surface area contributed by atoms with Crippen molar-refractivity contribution in [2.45, 2.75) is 24.5 Å². The largest absolute Gasteiger partial charge is 0.196 e. The van der Waals surface area contributed by atoms with Crippen LogP contribution in [0.15, 0.2) is 65.6 Å². The fraction of sp³-hybridized carbons (Fsp3) is 0.150. The van der Waals surface area contributed by atoms with Crippen LogP contribution < -0.4 is 0 Å². The number of nitrogens with zero attached hydrogens (tertiary/aromatic N) is 4. The molecule has 0 unspecified atom stereocenters. The first-order chi connectivity index (χ1) is 12.2. The molecule has 4 aromatic rings. The van der Waals surface area contributed by atoms with E-state index in [0.29, 0.717) is 0 Å². The van der Waals surface area contributed by atoms with Crippen LogP contribution in [0.25, 0.3) is 16.5 Å². The Morgan fingerprint density at radius 1 is 0.880 bits per heavy atom. The molecule has 3 aromatic carbocycles. The summed E-state index contributed by atoms with van der Waals surface area (Å²) in [4.78, 5) is 1.22. The molecule has 5 heteroatoms. The standard InChI is InChI=1S/C20H18N4S/c1-14-6-5-7-15(2)20(14)24-19(21-22-23-24)13-25-18-11-10-16-8-3-4-9-17(16)12-18/h3-12H,13H2,1-2H3. The van der Waals surface area contributed by atoms with Crippen LogP contribution in [0.2, 0.25) is 0 Å². The molecule has 4 nitrogen and oxygen atoms in total. The fourth-order valence-electron chi connectivity index (χ4n) is 3.01. The predicted octanol–water partition coefficient (Wildman–Crippen LogP) is 4.72. The molecule has 1 aromatic heterocycles. The van der Waals surface area contributed by atoms with Gasteiger partial charge in [-0.15, -0.1) is 16.9 Å². The molecule has 1 heterocycles. The Bertz CT molecular complexity index is 1020. The van der Waals surface area contributed by atoms with E-state index < -0.39 is 0 Å². The molecule has 0 amide bonds. The molecule has 0 spiro atoms. The molecule has 0 saturated carbocycles. The van der Waals surface area contributed by atoms with E-state index >= 15 is 0 Å². The van der Waals surface area contributed by atoms with E-state index in [2.05, 4.69) is 90.0 Å². The number of thioether (sulfide) groups is 1. The van der Waals surface area contributed by atoms with E-state index in [1.165, 1.54) is 26.8 Å². The number of aromatic nitrogens is 4. The predicted molar refractivity (Wildman–Crippen MR) is 102 cm³/mol. The van der Waals surface area contributed by atoms with Gasteiger partial charge in [0.15, 0.2) is 5.82 Å². The summed E-state index contributed by atoms with van der Waals surface area (Å²) in [5, 5.41) is 14.8. The van der Waals surface area contributed by atoms with E-state index in [1.807, 2.05) is 4.68 Å². The van der Waals surface area contributed by atoms with Crippen molar-refractivity contribution in [3.63, 3.8) is 0 Å². The minimum Gasteiger partial charge on any atom is -0.196 e. The van der Waals surface area contributed by atoms with Gasteiger partial charge in [0.1, 0.15) is 0 Å². The molecule has 0 aliphatic heterocycles. The third kappa shape index (κ3) is 3.15. The average Bonchev–Trinajstić information content (AvgIpc) is 3.08. The van der Waals surface area contributed by atoms with Crippen LogP contribution >= 0.6 is 11.8 Å². The Labute approximate surface area is 150 Å². The molecular formula is C20H18N4S. The van der Waals surface area contributed by atoms with Crippen LogP contribution in [-0.4, -0.2) is 20.2 Å². The highest BCUT2D eigenvalue weighted by Crippen LogP contribution is 2.27. The zero-order chi connectivity index (χ0) is 17.2. The van der Waals surface area contributed by atoms with E-state index in [0.717, 1.165) is 17.3 Å². The van der Waals surface area contributed by atoms with Crippen molar-refractivity contribution in [3.8, 4) is 5.69 Å². The fourth-order valence-corrected chi connectivity index (χ4v) is 3.86. The van der Waals surface area contributed by atoms with Gasteiger partial charge in [-0.25, -0.2) is 0 Å². The second kappa shape index (κ2) is 6.69. The Balaban J connectivity index is 1.61. The van der Waals surface area contributed by atoms with Gasteiger partial charge in [0, 0.05) is 4.90 Å². The average molecular weight is 346 g/mol. The van der Waals surface area contributed by atoms with Gasteiger partial charge in [0.05, 0.1) is 11.4 Å². The van der Waals surface area contributed by atoms with Crippen molar-refractivity contribution in [3.05, 3.63) is 77.6 Å². The molecule has 0 radical (unpaired) electrons. The third-order valence-corrected chi connectivity index (χ3v) is 5.26. The number of para-hydroxylation sites is 1. The van der Waals surface area contributed by atoms with Crippen LogP contribution in [0.3, 0.4) is 0 Å². The molecule has 0 aliphatic carbocycles. The minimum atomic E-state index is 0.721. The summed E-state index contributed by atoms with van der Waals surface area (Å²) in [7, 11) is 0. The lowest BCUT2D eigenvalue weighted by Gasteiger charge is -2.11. The smallest absolute Gasteiger partial charge is 0.166 e. The van der Waals surface area contributed by atoms with Crippen molar-refractivity contribution in [1.82, 2.24) is 20.2 Å². The molecule has 4 rings (SSSR count). The molecule has 0 N–H and O–H groups in total. The van der Waals surface area contributed by atoms with Gasteiger partial charge < -0.3 is 0 Å². The van der Waals surface area contributed by atoms with Gasteiger partial charge in [0.2, 0.25) is 0 Å². The first-order valence-electron chi connectivity index (χ1n) is 8.18. The molecule has 0 saturated heterocycles. The maximum absolute atomic E-state index is 4.23. The number of fused-ring (bicyclic) bond motifs is 1. The Morgan fingerprint density at radius 2 is 1.64 bits per heavy atom. The van der Waals surface area contributed by atoms with Gasteiger partial charge in [-0.1, -0.05) is 48.5 Å². The molecular weight excluding hydrogens is 328 g/mol. The zero-order valence-corrected chi connectivity index (χ0v) is 15.0. The highest BCUT2D eigenvalue weighted by atomic mass is 32.2. The van der Waals surface area contributed by atoms with E-state index in [-0.39, 0.29) is 0 Å². The van der Waals surface area contributed by atoms with Crippen molar-refractivity contribution < 1.29 is 0 Å². The van der Waals surface area contributed by atoms with Gasteiger partial charge >= 0.3 is 0 Å². The number of benzene rings is 3. The summed E-state index contributed by atoms with van der Waals surface area (Å²) in [6, 6.07) is 21.2. The number of tetrazole rings is 1. The zero-order valence-electron chi connectivity index (χ0n) is 14.2. The normalized spacial score (nSPS) is 11.1. The highest BCUT2D eigenvalue weighted by Gasteiger charge is 2.13. The second-order valence-electron chi connectivity index (χ2n) is 6.04. The number of rotatable bonds is 4. The molecule has 25 heavy (non-hydrogen) atoms. The van der Waals surface area contributed by atoms with E-state index in [4.69, 9.17) is 0 Å². The molecule has 124 valence electrons. The lowest BCUT2D eigenvalue weighted by atomic mass is 10.1. The van der Waals surface area contributed by atoms with Crippen LogP contribution in [0.4, 0.5) is 0 Å². The van der Waals surface area contributed by atoms with Crippen molar-refractivity contribution in [1.29, 1.82) is 0 Å². The van der Waals surface area contributed by atoms with Gasteiger partial charge in [0.25, 0.3) is 0 Å². The Morgan fingerprint density at radius 3 is 2.44 bits per heavy atom. The van der Waals surface area contributed by atoms with Crippen molar-refractivity contribution >= 4 is 22.5 Å². The summed E-state index contributed by atoms with van der Waals surface area (Å²) in [6.07, 6.45) is 0. The monoisotopic (exact) mass is 346 g/mol. The number of hydrogen-bond acceptors (Lipinski definition) is 4. The Hall–Kier alpha value is -2.66. The molecule has 0 atom stereocenters. The topological polar surface area (TPSA) is 43.6 Å². The maximum atomic E-state index is 4.23. The van der Waals surface area contributed by atoms with Crippen LogP contribution in [-0.2, 0) is 5.75 Å². The summed E-state index contributed by atoms with van der Waals surface area (Å²) < 4.78 is 1.86. The summed E-state index contributed by atoms with van der Waals surface area (Å²) in [5.74, 6) is 1.58. The summed E-state index contributed by atoms with van der Waals surface area (Å²) >= 11 is 1.75. The van der Waals surface area contributed by atoms with Crippen LogP contribution in [0.1, 0.15) is 17.0 Å². The third-order valence-electron chi connectivity index (χ3n) is 4.27. The van der Waals surface area contributed by atoms with Gasteiger partial charge in [-0.2, -0.15) is 4.68 Å². The second-order valence-corrected chi connectivity index (χ2v) is 7.09. The summed E-state index contributed by atoms with van der Waals surface area (Å²) in [5.41, 5.74) is 3.41. The lowest BCUT2D eigenvalue weighted by Crippen LogP contribution is -2.06. The van der Waals surface area contributed by atoms with E-state index in [1.54, 1.807) is 11.8 Å². The first-order valence-corrected chi connectivity index (χ1v) is 9.16. The van der Waals surface area contributed by atoms with Crippen molar-refractivity contribution in [2.24, 2.45) is 0 Å². The van der Waals surface area contributed by atoms with Gasteiger partial charge in [-0.05, 0) is 58.3 Å². The molecule has 0 bridgehead atoms. The van der Waals surface area contributed by atoms with E-state index in [9.17, 15) is 0 Å². The van der Waals surface area contributed by atoms with Gasteiger partial charge in [-0.3, -0.25) is 0 Å². The SMILES string of the molecule is Cc1cccc(C)c1-n1nnnc1CSc1ccc2ccccc2c1. The minimum absolute atomic E-state index is 0.721. The molecule has 0 fully saturated rings. The Kier molecular flexibility index (Phi) is 4.24. The first kappa shape index (κ1) is 15.8. The quantitative estimate of drug-likeness (QED) is 0.501. The summed E-state index contributed by atoms with van der Waals surface area (Å²) in [6.45, 7) is 4.18. The number of hydrogen-bond donors (Lipinski definition) is 0.